The van der Waals surface area contributed by atoms with Gasteiger partial charge in [0.15, 0.2) is 0 Å². The van der Waals surface area contributed by atoms with Gasteiger partial charge in [-0.2, -0.15) is 0 Å². The fraction of sp³-hybridized carbons (Fsp3) is 1.00. The van der Waals surface area contributed by atoms with Gasteiger partial charge in [0.2, 0.25) is 0 Å². The number of likely N-dealkylation sites (tertiary alicyclic amines) is 1. The molecule has 0 bridgehead atoms. The first-order valence-corrected chi connectivity index (χ1v) is 6.58. The zero-order valence-electron chi connectivity index (χ0n) is 11.0. The molecule has 0 saturated carbocycles. The summed E-state index contributed by atoms with van der Waals surface area (Å²) in [4.78, 5) is 2.63. The molecule has 0 spiro atoms. The molecule has 1 N–H and O–H groups in total. The number of nitrogens with zero attached hydrogens (tertiary/aromatic N) is 1. The Bertz CT molecular complexity index is 230. The van der Waals surface area contributed by atoms with E-state index in [0.29, 0.717) is 17.4 Å². The van der Waals surface area contributed by atoms with E-state index in [1.165, 1.54) is 32.5 Å². The highest BCUT2D eigenvalue weighted by Gasteiger charge is 2.32. The van der Waals surface area contributed by atoms with Gasteiger partial charge in [0.25, 0.3) is 0 Å². The van der Waals surface area contributed by atoms with E-state index in [0.717, 1.165) is 13.2 Å². The predicted molar refractivity (Wildman–Crippen MR) is 66.6 cm³/mol. The molecule has 0 aromatic carbocycles. The molecule has 2 fully saturated rings. The summed E-state index contributed by atoms with van der Waals surface area (Å²) in [5.74, 6) is 0.680. The third kappa shape index (κ3) is 2.96. The summed E-state index contributed by atoms with van der Waals surface area (Å²) in [5.41, 5.74) is 0.507. The normalized spacial score (nSPS) is 35.4. The third-order valence-corrected chi connectivity index (χ3v) is 4.04. The van der Waals surface area contributed by atoms with Gasteiger partial charge in [-0.3, -0.25) is 0 Å². The van der Waals surface area contributed by atoms with Crippen LogP contribution in [0, 0.1) is 11.3 Å². The van der Waals surface area contributed by atoms with Crippen LogP contribution in [0.3, 0.4) is 0 Å². The van der Waals surface area contributed by atoms with E-state index in [1.54, 1.807) is 0 Å². The predicted octanol–water partition coefficient (Wildman–Crippen LogP) is 1.34. The van der Waals surface area contributed by atoms with E-state index in [9.17, 15) is 0 Å². The summed E-state index contributed by atoms with van der Waals surface area (Å²) in [6, 6.07) is 0.560. The first-order valence-electron chi connectivity index (χ1n) is 6.58. The van der Waals surface area contributed by atoms with Crippen LogP contribution in [-0.4, -0.2) is 50.8 Å². The molecule has 0 aliphatic carbocycles. The molecule has 0 amide bonds. The van der Waals surface area contributed by atoms with Crippen molar-refractivity contribution in [2.75, 3.05) is 39.9 Å². The summed E-state index contributed by atoms with van der Waals surface area (Å²) >= 11 is 0. The molecular weight excluding hydrogens is 200 g/mol. The Morgan fingerprint density at radius 3 is 2.88 bits per heavy atom. The molecule has 2 heterocycles. The topological polar surface area (TPSA) is 24.5 Å². The molecule has 3 heteroatoms. The Morgan fingerprint density at radius 2 is 2.19 bits per heavy atom. The van der Waals surface area contributed by atoms with Gasteiger partial charge in [-0.25, -0.2) is 0 Å². The second-order valence-electron chi connectivity index (χ2n) is 6.20. The van der Waals surface area contributed by atoms with E-state index in [4.69, 9.17) is 4.74 Å². The van der Waals surface area contributed by atoms with Gasteiger partial charge in [0.1, 0.15) is 0 Å². The van der Waals surface area contributed by atoms with Crippen LogP contribution in [0.25, 0.3) is 0 Å². The number of piperidine rings is 1. The Balaban J connectivity index is 1.84. The van der Waals surface area contributed by atoms with Crippen LogP contribution < -0.4 is 5.32 Å². The average molecular weight is 226 g/mol. The Morgan fingerprint density at radius 1 is 1.38 bits per heavy atom. The molecule has 2 atom stereocenters. The minimum absolute atomic E-state index is 0.507. The third-order valence-electron chi connectivity index (χ3n) is 4.04. The van der Waals surface area contributed by atoms with Crippen LogP contribution in [0.2, 0.25) is 0 Å². The first-order chi connectivity index (χ1) is 7.61. The maximum Gasteiger partial charge on any atom is 0.0623 e. The van der Waals surface area contributed by atoms with E-state index in [1.807, 2.05) is 7.05 Å². The van der Waals surface area contributed by atoms with Crippen LogP contribution in [0.15, 0.2) is 0 Å². The minimum Gasteiger partial charge on any atom is -0.379 e. The van der Waals surface area contributed by atoms with E-state index in [2.05, 4.69) is 24.1 Å². The summed E-state index contributed by atoms with van der Waals surface area (Å²) in [7, 11) is 2.05. The van der Waals surface area contributed by atoms with Crippen molar-refractivity contribution in [3.05, 3.63) is 0 Å². The number of likely N-dealkylation sites (N-methyl/N-ethyl adjacent to an activating group) is 1. The van der Waals surface area contributed by atoms with Gasteiger partial charge in [-0.15, -0.1) is 0 Å². The molecule has 2 rings (SSSR count). The fourth-order valence-electron chi connectivity index (χ4n) is 3.13. The van der Waals surface area contributed by atoms with Crippen LogP contribution in [-0.2, 0) is 4.74 Å². The Hall–Kier alpha value is -0.120. The Labute approximate surface area is 99.5 Å². The summed E-state index contributed by atoms with van der Waals surface area (Å²) < 4.78 is 5.56. The molecule has 94 valence electrons. The molecular formula is C13H26N2O. The number of hydrogen-bond donors (Lipinski definition) is 1. The van der Waals surface area contributed by atoms with Gasteiger partial charge < -0.3 is 15.0 Å². The number of rotatable bonds is 3. The van der Waals surface area contributed by atoms with Crippen molar-refractivity contribution in [3.8, 4) is 0 Å². The van der Waals surface area contributed by atoms with E-state index >= 15 is 0 Å². The second kappa shape index (κ2) is 5.03. The quantitative estimate of drug-likeness (QED) is 0.786. The van der Waals surface area contributed by atoms with Gasteiger partial charge in [0, 0.05) is 25.0 Å². The lowest BCUT2D eigenvalue weighted by atomic mass is 9.83. The van der Waals surface area contributed by atoms with E-state index < -0.39 is 0 Å². The standard InChI is InChI=1S/C13H26N2O/c1-13(2)5-4-6-15(10-13)7-11-8-16-9-12(11)14-3/h11-12,14H,4-10H2,1-3H3. The largest absolute Gasteiger partial charge is 0.379 e. The summed E-state index contributed by atoms with van der Waals surface area (Å²) in [6.45, 7) is 10.3. The van der Waals surface area contributed by atoms with Gasteiger partial charge in [0.05, 0.1) is 13.2 Å². The summed E-state index contributed by atoms with van der Waals surface area (Å²) in [5, 5.41) is 3.37. The fourth-order valence-corrected chi connectivity index (χ4v) is 3.13. The van der Waals surface area contributed by atoms with Crippen molar-refractivity contribution in [2.24, 2.45) is 11.3 Å². The van der Waals surface area contributed by atoms with Crippen LogP contribution in [0.1, 0.15) is 26.7 Å². The second-order valence-corrected chi connectivity index (χ2v) is 6.20. The SMILES string of the molecule is CNC1COCC1CN1CCCC(C)(C)C1. The first kappa shape index (κ1) is 12.3. The van der Waals surface area contributed by atoms with Crippen molar-refractivity contribution < 1.29 is 4.74 Å². The van der Waals surface area contributed by atoms with Crippen molar-refractivity contribution >= 4 is 0 Å². The highest BCUT2D eigenvalue weighted by molar-refractivity contribution is 4.86. The van der Waals surface area contributed by atoms with Crippen molar-refractivity contribution in [2.45, 2.75) is 32.7 Å². The molecule has 2 saturated heterocycles. The average Bonchev–Trinajstić information content (AvgIpc) is 2.63. The summed E-state index contributed by atoms with van der Waals surface area (Å²) in [6.07, 6.45) is 2.73. The molecule has 2 unspecified atom stereocenters. The van der Waals surface area contributed by atoms with Gasteiger partial charge >= 0.3 is 0 Å². The monoisotopic (exact) mass is 226 g/mol. The van der Waals surface area contributed by atoms with Crippen molar-refractivity contribution in [1.29, 1.82) is 0 Å². The highest BCUT2D eigenvalue weighted by atomic mass is 16.5. The van der Waals surface area contributed by atoms with Gasteiger partial charge in [-0.1, -0.05) is 13.8 Å². The lowest BCUT2D eigenvalue weighted by Crippen LogP contribution is -2.46. The maximum absolute atomic E-state index is 5.56. The van der Waals surface area contributed by atoms with Crippen molar-refractivity contribution in [1.82, 2.24) is 10.2 Å². The number of nitrogens with one attached hydrogen (secondary N) is 1. The molecule has 0 radical (unpaired) electrons. The highest BCUT2D eigenvalue weighted by Crippen LogP contribution is 2.29. The Kier molecular flexibility index (Phi) is 3.88. The van der Waals surface area contributed by atoms with Crippen LogP contribution >= 0.6 is 0 Å². The molecule has 2 aliphatic heterocycles. The number of hydrogen-bond acceptors (Lipinski definition) is 3. The smallest absolute Gasteiger partial charge is 0.0623 e. The van der Waals surface area contributed by atoms with Crippen LogP contribution in [0.5, 0.6) is 0 Å². The zero-order valence-corrected chi connectivity index (χ0v) is 11.0. The lowest BCUT2D eigenvalue weighted by Gasteiger charge is -2.39. The van der Waals surface area contributed by atoms with Crippen molar-refractivity contribution in [3.63, 3.8) is 0 Å². The molecule has 16 heavy (non-hydrogen) atoms. The molecule has 0 aromatic heterocycles. The number of ether oxygens (including phenoxy) is 1. The van der Waals surface area contributed by atoms with Crippen LogP contribution in [0.4, 0.5) is 0 Å². The van der Waals surface area contributed by atoms with Gasteiger partial charge in [-0.05, 0) is 31.8 Å². The molecule has 0 aromatic rings. The van der Waals surface area contributed by atoms with E-state index in [-0.39, 0.29) is 0 Å². The minimum atomic E-state index is 0.507. The lowest BCUT2D eigenvalue weighted by molar-refractivity contribution is 0.0941. The maximum atomic E-state index is 5.56. The zero-order chi connectivity index (χ0) is 11.6. The molecule has 3 nitrogen and oxygen atoms in total. The molecule has 2 aliphatic rings.